The summed E-state index contributed by atoms with van der Waals surface area (Å²) >= 11 is 3.07. The molecule has 1 aliphatic rings. The highest BCUT2D eigenvalue weighted by Crippen LogP contribution is 2.24. The van der Waals surface area contributed by atoms with Crippen LogP contribution in [0, 0.1) is 5.82 Å². The van der Waals surface area contributed by atoms with Gasteiger partial charge in [0.25, 0.3) is 5.88 Å². The zero-order valence-electron chi connectivity index (χ0n) is 11.7. The Morgan fingerprint density at radius 2 is 2.35 bits per heavy atom. The number of nitrogens with zero attached hydrogens (tertiary/aromatic N) is 3. The highest BCUT2D eigenvalue weighted by atomic mass is 79.9. The van der Waals surface area contributed by atoms with Crippen LogP contribution in [-0.4, -0.2) is 40.7 Å². The lowest BCUT2D eigenvalue weighted by molar-refractivity contribution is 0.133. The molecule has 122 valence electrons. The first kappa shape index (κ1) is 15.8. The number of benzene rings is 1. The van der Waals surface area contributed by atoms with Gasteiger partial charge >= 0.3 is 0 Å². The minimum Gasteiger partial charge on any atom is -0.468 e. The van der Waals surface area contributed by atoms with Gasteiger partial charge in [-0.3, -0.25) is 10.7 Å². The third kappa shape index (κ3) is 3.66. The molecule has 0 radical (unpaired) electrons. The van der Waals surface area contributed by atoms with Crippen LogP contribution in [0.5, 0.6) is 5.88 Å². The lowest BCUT2D eigenvalue weighted by Gasteiger charge is -2.09. The lowest BCUT2D eigenvalue weighted by atomic mass is 10.3. The maximum absolute atomic E-state index is 13.3. The van der Waals surface area contributed by atoms with Gasteiger partial charge in [0, 0.05) is 6.42 Å². The first-order valence-electron chi connectivity index (χ1n) is 6.68. The van der Waals surface area contributed by atoms with Crippen molar-refractivity contribution in [2.45, 2.75) is 12.5 Å². The highest BCUT2D eigenvalue weighted by molar-refractivity contribution is 9.10. The number of hydrogen-bond donors (Lipinski definition) is 2. The second kappa shape index (κ2) is 7.02. The molecular weight excluding hydrogens is 375 g/mol. The Kier molecular flexibility index (Phi) is 4.84. The van der Waals surface area contributed by atoms with E-state index in [0.29, 0.717) is 18.9 Å². The monoisotopic (exact) mass is 386 g/mol. The van der Waals surface area contributed by atoms with Gasteiger partial charge in [-0.1, -0.05) is 0 Å². The Morgan fingerprint density at radius 1 is 1.48 bits per heavy atom. The van der Waals surface area contributed by atoms with Crippen LogP contribution in [0.3, 0.4) is 0 Å². The molecule has 1 aromatic carbocycles. The van der Waals surface area contributed by atoms with Crippen molar-refractivity contribution in [1.82, 2.24) is 15.8 Å². The van der Waals surface area contributed by atoms with Gasteiger partial charge in [-0.2, -0.15) is 0 Å². The molecule has 8 nitrogen and oxygen atoms in total. The predicted molar refractivity (Wildman–Crippen MR) is 79.4 cm³/mol. The Labute approximate surface area is 138 Å². The van der Waals surface area contributed by atoms with E-state index < -0.39 is 5.82 Å². The number of aliphatic imine (C=N–C) groups is 1. The van der Waals surface area contributed by atoms with Crippen molar-refractivity contribution in [3.05, 3.63) is 34.2 Å². The Hall–Kier alpha value is -2.04. The largest absolute Gasteiger partial charge is 0.468 e. The van der Waals surface area contributed by atoms with Crippen molar-refractivity contribution in [2.24, 2.45) is 4.99 Å². The third-order valence-corrected chi connectivity index (χ3v) is 3.71. The zero-order valence-corrected chi connectivity index (χ0v) is 13.3. The number of halogens is 2. The summed E-state index contributed by atoms with van der Waals surface area (Å²) < 4.78 is 29.0. The minimum atomic E-state index is -0.421. The number of hydrogen-bond acceptors (Lipinski definition) is 7. The van der Waals surface area contributed by atoms with E-state index in [-0.39, 0.29) is 28.0 Å². The van der Waals surface area contributed by atoms with E-state index in [1.807, 2.05) is 5.48 Å². The summed E-state index contributed by atoms with van der Waals surface area (Å²) in [5.41, 5.74) is 2.40. The van der Waals surface area contributed by atoms with Gasteiger partial charge in [0.1, 0.15) is 11.9 Å². The van der Waals surface area contributed by atoms with Crippen LogP contribution in [0.25, 0.3) is 0 Å². The molecule has 3 rings (SSSR count). The highest BCUT2D eigenvalue weighted by Gasteiger charge is 2.24. The zero-order chi connectivity index (χ0) is 16.2. The van der Waals surface area contributed by atoms with Crippen molar-refractivity contribution in [3.8, 4) is 5.88 Å². The molecule has 1 atom stereocenters. The number of aromatic nitrogens is 2. The van der Waals surface area contributed by atoms with Crippen LogP contribution in [-0.2, 0) is 4.74 Å². The van der Waals surface area contributed by atoms with E-state index >= 15 is 0 Å². The number of nitrogens with one attached hydrogen (secondary N) is 1. The van der Waals surface area contributed by atoms with E-state index in [1.54, 1.807) is 0 Å². The fourth-order valence-corrected chi connectivity index (χ4v) is 2.35. The van der Waals surface area contributed by atoms with Crippen molar-refractivity contribution in [3.63, 3.8) is 0 Å². The van der Waals surface area contributed by atoms with Gasteiger partial charge in [0.05, 0.1) is 23.4 Å². The smallest absolute Gasteiger partial charge is 0.287 e. The maximum atomic E-state index is 13.3. The molecule has 2 aromatic rings. The summed E-state index contributed by atoms with van der Waals surface area (Å²) in [5, 5.41) is 16.6. The van der Waals surface area contributed by atoms with Crippen molar-refractivity contribution in [1.29, 1.82) is 0 Å². The van der Waals surface area contributed by atoms with E-state index in [2.05, 4.69) is 35.9 Å². The molecular formula is C13H12BrFN4O4. The van der Waals surface area contributed by atoms with E-state index in [4.69, 9.17) is 9.47 Å². The third-order valence-electron chi connectivity index (χ3n) is 3.10. The summed E-state index contributed by atoms with van der Waals surface area (Å²) in [6.45, 7) is 1.05. The fourth-order valence-electron chi connectivity index (χ4n) is 1.98. The molecule has 1 aliphatic heterocycles. The molecule has 0 aliphatic carbocycles. The normalized spacial score (nSPS) is 18.2. The van der Waals surface area contributed by atoms with Gasteiger partial charge in [-0.25, -0.2) is 14.0 Å². The summed E-state index contributed by atoms with van der Waals surface area (Å²) in [5.74, 6) is -0.378. The molecule has 0 spiro atoms. The fraction of sp³-hybridized carbons (Fsp3) is 0.308. The van der Waals surface area contributed by atoms with Gasteiger partial charge < -0.3 is 9.47 Å². The molecule has 0 saturated carbocycles. The summed E-state index contributed by atoms with van der Waals surface area (Å²) in [7, 11) is 0. The van der Waals surface area contributed by atoms with Crippen molar-refractivity contribution in [2.75, 3.05) is 13.2 Å². The molecule has 0 amide bonds. The van der Waals surface area contributed by atoms with Crippen LogP contribution in [0.4, 0.5) is 10.1 Å². The number of ether oxygens (including phenoxy) is 2. The number of rotatable bonds is 4. The summed E-state index contributed by atoms with van der Waals surface area (Å²) in [4.78, 5) is 4.14. The molecule has 1 aromatic heterocycles. The molecule has 10 heteroatoms. The second-order valence-corrected chi connectivity index (χ2v) is 5.55. The number of amidine groups is 1. The van der Waals surface area contributed by atoms with E-state index in [1.165, 1.54) is 18.2 Å². The SMILES string of the molecule is ONC(=Nc1ccc(F)c(Br)c1)c1nonc1OC1CCOC1. The van der Waals surface area contributed by atoms with Crippen LogP contribution in [0.2, 0.25) is 0 Å². The maximum Gasteiger partial charge on any atom is 0.287 e. The molecule has 2 heterocycles. The van der Waals surface area contributed by atoms with Gasteiger partial charge in [-0.15, -0.1) is 0 Å². The van der Waals surface area contributed by atoms with Crippen LogP contribution < -0.4 is 10.2 Å². The minimum absolute atomic E-state index is 0.0429. The van der Waals surface area contributed by atoms with Gasteiger partial charge in [0.15, 0.2) is 5.84 Å². The second-order valence-electron chi connectivity index (χ2n) is 4.69. The van der Waals surface area contributed by atoms with Crippen LogP contribution >= 0.6 is 15.9 Å². The molecule has 0 bridgehead atoms. The predicted octanol–water partition coefficient (Wildman–Crippen LogP) is 2.20. The molecule has 1 unspecified atom stereocenters. The Morgan fingerprint density at radius 3 is 3.04 bits per heavy atom. The summed E-state index contributed by atoms with van der Waals surface area (Å²) in [6.07, 6.45) is 0.552. The first-order chi connectivity index (χ1) is 11.2. The summed E-state index contributed by atoms with van der Waals surface area (Å²) in [6, 6.07) is 4.13. The van der Waals surface area contributed by atoms with Crippen LogP contribution in [0.15, 0.2) is 32.3 Å². The lowest BCUT2D eigenvalue weighted by Crippen LogP contribution is -2.23. The Balaban J connectivity index is 1.86. The Bertz CT molecular complexity index is 718. The average Bonchev–Trinajstić information content (AvgIpc) is 3.21. The van der Waals surface area contributed by atoms with Crippen molar-refractivity contribution < 1.29 is 23.7 Å². The van der Waals surface area contributed by atoms with Crippen LogP contribution in [0.1, 0.15) is 12.1 Å². The standard InChI is InChI=1S/C13H12BrFN4O4/c14-9-5-7(1-2-10(9)15)16-12(17-20)11-13(19-23-18-11)22-8-3-4-21-6-8/h1-2,5,8,20H,3-4,6H2,(H,16,17). The van der Waals surface area contributed by atoms with Gasteiger partial charge in [0.2, 0.25) is 5.69 Å². The first-order valence-corrected chi connectivity index (χ1v) is 7.48. The quantitative estimate of drug-likeness (QED) is 0.471. The van der Waals surface area contributed by atoms with E-state index in [9.17, 15) is 9.60 Å². The molecule has 23 heavy (non-hydrogen) atoms. The molecule has 2 N–H and O–H groups in total. The van der Waals surface area contributed by atoms with Crippen molar-refractivity contribution >= 4 is 27.5 Å². The van der Waals surface area contributed by atoms with Gasteiger partial charge in [-0.05, 0) is 44.4 Å². The average molecular weight is 387 g/mol. The molecule has 1 fully saturated rings. The van der Waals surface area contributed by atoms with E-state index in [0.717, 1.165) is 6.42 Å². The topological polar surface area (TPSA) is 102 Å². The molecule has 1 saturated heterocycles. The number of hydroxylamine groups is 1.